The second-order valence-electron chi connectivity index (χ2n) is 8.89. The first-order valence-corrected chi connectivity index (χ1v) is 10.3. The minimum absolute atomic E-state index is 0.0797. The third kappa shape index (κ3) is 3.48. The fraction of sp³-hybridized carbons (Fsp3) is 0.280. The molecule has 0 saturated heterocycles. The molecular weight excluding hydrogens is 409 g/mol. The Bertz CT molecular complexity index is 1210. The first-order chi connectivity index (χ1) is 15.2. The summed E-state index contributed by atoms with van der Waals surface area (Å²) in [7, 11) is 1.45. The molecule has 1 heterocycles. The third-order valence-electron chi connectivity index (χ3n) is 6.00. The number of aromatic hydroxyl groups is 1. The molecule has 1 atom stereocenters. The summed E-state index contributed by atoms with van der Waals surface area (Å²) in [5, 5.41) is 20.4. The molecule has 0 amide bonds. The number of methoxy groups -OCH3 is 1. The van der Waals surface area contributed by atoms with E-state index in [4.69, 9.17) is 10.5 Å². The molecule has 7 heteroatoms. The number of nitrogens with zero attached hydrogens (tertiary/aromatic N) is 2. The Morgan fingerprint density at radius 2 is 1.91 bits per heavy atom. The van der Waals surface area contributed by atoms with Gasteiger partial charge in [0.25, 0.3) is 0 Å². The lowest BCUT2D eigenvalue weighted by atomic mass is 9.68. The van der Waals surface area contributed by atoms with Gasteiger partial charge in [-0.3, -0.25) is 9.69 Å². The van der Waals surface area contributed by atoms with Crippen LogP contribution in [0.25, 0.3) is 0 Å². The quantitative estimate of drug-likeness (QED) is 0.740. The minimum atomic E-state index is -0.716. The fourth-order valence-electron chi connectivity index (χ4n) is 4.61. The number of halogens is 1. The van der Waals surface area contributed by atoms with Crippen molar-refractivity contribution >= 4 is 11.5 Å². The lowest BCUT2D eigenvalue weighted by Gasteiger charge is -2.43. The van der Waals surface area contributed by atoms with Crippen LogP contribution in [0.5, 0.6) is 11.5 Å². The van der Waals surface area contributed by atoms with Crippen LogP contribution in [-0.2, 0) is 4.79 Å². The Hall–Kier alpha value is -3.79. The zero-order valence-corrected chi connectivity index (χ0v) is 18.1. The SMILES string of the molecule is COc1ccc(C2C(C#N)=C(N)N(c3ccc(F)cc3)C3=C2C(=O)CC(C)(C)C3)cc1O. The second-order valence-corrected chi connectivity index (χ2v) is 8.89. The predicted octanol–water partition coefficient (Wildman–Crippen LogP) is 4.48. The van der Waals surface area contributed by atoms with Crippen molar-refractivity contribution in [1.29, 1.82) is 5.26 Å². The highest BCUT2D eigenvalue weighted by atomic mass is 19.1. The summed E-state index contributed by atoms with van der Waals surface area (Å²) in [4.78, 5) is 15.1. The molecule has 3 N–H and O–H groups in total. The molecule has 2 aromatic rings. The van der Waals surface area contributed by atoms with Crippen molar-refractivity contribution in [2.45, 2.75) is 32.6 Å². The summed E-state index contributed by atoms with van der Waals surface area (Å²) in [5.41, 5.74) is 8.72. The van der Waals surface area contributed by atoms with Gasteiger partial charge < -0.3 is 15.6 Å². The number of ether oxygens (including phenoxy) is 1. The Morgan fingerprint density at radius 1 is 1.22 bits per heavy atom. The maximum Gasteiger partial charge on any atom is 0.162 e. The number of phenolic OH excluding ortho intramolecular Hbond substituents is 1. The highest BCUT2D eigenvalue weighted by Gasteiger charge is 2.44. The predicted molar refractivity (Wildman–Crippen MR) is 118 cm³/mol. The summed E-state index contributed by atoms with van der Waals surface area (Å²) < 4.78 is 18.7. The van der Waals surface area contributed by atoms with E-state index in [1.165, 1.54) is 25.3 Å². The molecule has 2 aromatic carbocycles. The first-order valence-electron chi connectivity index (χ1n) is 10.3. The Kier molecular flexibility index (Phi) is 5.17. The number of ketones is 1. The highest BCUT2D eigenvalue weighted by molar-refractivity contribution is 6.01. The van der Waals surface area contributed by atoms with Crippen LogP contribution >= 0.6 is 0 Å². The molecule has 2 aliphatic rings. The van der Waals surface area contributed by atoms with Crippen LogP contribution in [0.1, 0.15) is 38.2 Å². The van der Waals surface area contributed by atoms with Gasteiger partial charge in [-0.1, -0.05) is 19.9 Å². The van der Waals surface area contributed by atoms with Crippen molar-refractivity contribution in [2.24, 2.45) is 11.1 Å². The average molecular weight is 433 g/mol. The summed E-state index contributed by atoms with van der Waals surface area (Å²) in [5.74, 6) is -0.805. The smallest absolute Gasteiger partial charge is 0.162 e. The molecule has 0 spiro atoms. The normalized spacial score (nSPS) is 20.2. The van der Waals surface area contributed by atoms with E-state index in [-0.39, 0.29) is 28.3 Å². The maximum absolute atomic E-state index is 13.6. The van der Waals surface area contributed by atoms with Crippen LogP contribution in [0.15, 0.2) is 65.1 Å². The molecule has 6 nitrogen and oxygen atoms in total. The van der Waals surface area contributed by atoms with Gasteiger partial charge in [-0.05, 0) is 53.8 Å². The molecule has 1 aliphatic heterocycles. The molecule has 1 aliphatic carbocycles. The van der Waals surface area contributed by atoms with E-state index in [9.17, 15) is 19.6 Å². The van der Waals surface area contributed by atoms with Gasteiger partial charge in [-0.15, -0.1) is 0 Å². The average Bonchev–Trinajstić information content (AvgIpc) is 2.73. The number of rotatable bonds is 3. The summed E-state index contributed by atoms with van der Waals surface area (Å²) in [6, 6.07) is 12.8. The zero-order valence-electron chi connectivity index (χ0n) is 18.1. The summed E-state index contributed by atoms with van der Waals surface area (Å²) in [6.45, 7) is 4.01. The number of benzene rings is 2. The number of nitrogens with two attached hydrogens (primary N) is 1. The zero-order chi connectivity index (χ0) is 23.2. The van der Waals surface area contributed by atoms with Crippen LogP contribution in [0.3, 0.4) is 0 Å². The topological polar surface area (TPSA) is 99.6 Å². The first kappa shape index (κ1) is 21.4. The second kappa shape index (κ2) is 7.72. The molecule has 0 saturated carbocycles. The number of carbonyl (C=O) groups excluding carboxylic acids is 1. The van der Waals surface area contributed by atoms with Crippen molar-refractivity contribution in [3.05, 3.63) is 76.5 Å². The van der Waals surface area contributed by atoms with Gasteiger partial charge >= 0.3 is 0 Å². The molecule has 0 aromatic heterocycles. The van der Waals surface area contributed by atoms with Gasteiger partial charge in [0.1, 0.15) is 11.6 Å². The van der Waals surface area contributed by atoms with Gasteiger partial charge in [-0.25, -0.2) is 4.39 Å². The molecule has 0 bridgehead atoms. The van der Waals surface area contributed by atoms with Crippen molar-refractivity contribution in [3.63, 3.8) is 0 Å². The fourth-order valence-corrected chi connectivity index (χ4v) is 4.61. The van der Waals surface area contributed by atoms with Crippen molar-refractivity contribution in [1.82, 2.24) is 0 Å². The van der Waals surface area contributed by atoms with Crippen LogP contribution in [0, 0.1) is 22.6 Å². The van der Waals surface area contributed by atoms with Gasteiger partial charge in [0.05, 0.1) is 24.7 Å². The summed E-state index contributed by atoms with van der Waals surface area (Å²) >= 11 is 0. The largest absolute Gasteiger partial charge is 0.504 e. The maximum atomic E-state index is 13.6. The lowest BCUT2D eigenvalue weighted by Crippen LogP contribution is -2.42. The Labute approximate surface area is 186 Å². The molecule has 4 rings (SSSR count). The van der Waals surface area contributed by atoms with Crippen LogP contribution in [0.4, 0.5) is 10.1 Å². The highest BCUT2D eigenvalue weighted by Crippen LogP contribution is 2.50. The molecule has 1 unspecified atom stereocenters. The third-order valence-corrected chi connectivity index (χ3v) is 6.00. The number of hydrogen-bond acceptors (Lipinski definition) is 6. The van der Waals surface area contributed by atoms with Crippen LogP contribution in [0.2, 0.25) is 0 Å². The van der Waals surface area contributed by atoms with Gasteiger partial charge in [0, 0.05) is 23.4 Å². The number of anilines is 1. The van der Waals surface area contributed by atoms with E-state index in [1.807, 2.05) is 13.8 Å². The molecular formula is C25H24FN3O3. The number of carbonyl (C=O) groups is 1. The molecule has 0 fully saturated rings. The molecule has 32 heavy (non-hydrogen) atoms. The molecule has 164 valence electrons. The van der Waals surface area contributed by atoms with E-state index >= 15 is 0 Å². The van der Waals surface area contributed by atoms with E-state index in [1.54, 1.807) is 29.2 Å². The van der Waals surface area contributed by atoms with Crippen LogP contribution < -0.4 is 15.4 Å². The Balaban J connectivity index is 1.98. The number of phenols is 1. The minimum Gasteiger partial charge on any atom is -0.504 e. The van der Waals surface area contributed by atoms with Gasteiger partial charge in [0.15, 0.2) is 17.3 Å². The number of Topliss-reactive ketones (excluding diaryl/α,β-unsaturated/α-hetero) is 1. The monoisotopic (exact) mass is 433 g/mol. The number of nitriles is 1. The molecule has 0 radical (unpaired) electrons. The van der Waals surface area contributed by atoms with Gasteiger partial charge in [-0.2, -0.15) is 5.26 Å². The van der Waals surface area contributed by atoms with Crippen molar-refractivity contribution in [3.8, 4) is 17.6 Å². The van der Waals surface area contributed by atoms with E-state index < -0.39 is 11.7 Å². The van der Waals surface area contributed by atoms with Crippen LogP contribution in [-0.4, -0.2) is 18.0 Å². The summed E-state index contributed by atoms with van der Waals surface area (Å²) in [6.07, 6.45) is 0.865. The van der Waals surface area contributed by atoms with Gasteiger partial charge in [0.2, 0.25) is 0 Å². The van der Waals surface area contributed by atoms with Crippen molar-refractivity contribution in [2.75, 3.05) is 12.0 Å². The standard InChI is InChI=1S/C25H24FN3O3/c1-25(2)11-18-23(20(31)12-25)22(14-4-9-21(32-3)19(30)10-14)17(13-27)24(28)29(18)16-7-5-15(26)6-8-16/h4-10,22,30H,11-12,28H2,1-3H3. The number of hydrogen-bond donors (Lipinski definition) is 2. The number of allylic oxidation sites excluding steroid dienone is 3. The van der Waals surface area contributed by atoms with E-state index in [2.05, 4.69) is 6.07 Å². The van der Waals surface area contributed by atoms with E-state index in [0.717, 1.165) is 0 Å². The Morgan fingerprint density at radius 3 is 2.50 bits per heavy atom. The van der Waals surface area contributed by atoms with Crippen molar-refractivity contribution < 1.29 is 19.0 Å². The van der Waals surface area contributed by atoms with E-state index in [0.29, 0.717) is 41.1 Å². The lowest BCUT2D eigenvalue weighted by molar-refractivity contribution is -0.118.